The van der Waals surface area contributed by atoms with E-state index in [1.165, 1.54) is 12.1 Å². The van der Waals surface area contributed by atoms with Gasteiger partial charge in [0.2, 0.25) is 0 Å². The molecule has 0 spiro atoms. The van der Waals surface area contributed by atoms with Crippen LogP contribution in [0.2, 0.25) is 0 Å². The maximum atomic E-state index is 11.3. The molecule has 0 radical (unpaired) electrons. The molecule has 68 valence electrons. The van der Waals surface area contributed by atoms with Gasteiger partial charge in [-0.05, 0) is 0 Å². The van der Waals surface area contributed by atoms with Crippen LogP contribution in [-0.4, -0.2) is 32.6 Å². The van der Waals surface area contributed by atoms with Crippen LogP contribution in [0, 0.1) is 0 Å². The van der Waals surface area contributed by atoms with Gasteiger partial charge in [0.1, 0.15) is 0 Å². The van der Waals surface area contributed by atoms with Gasteiger partial charge in [0, 0.05) is 0 Å². The summed E-state index contributed by atoms with van der Waals surface area (Å²) in [5.74, 6) is -0.0249. The van der Waals surface area contributed by atoms with Crippen molar-refractivity contribution in [3.8, 4) is 0 Å². The zero-order chi connectivity index (χ0) is 8.55. The zero-order valence-electron chi connectivity index (χ0n) is 6.20. The van der Waals surface area contributed by atoms with E-state index in [4.69, 9.17) is 0 Å². The van der Waals surface area contributed by atoms with Crippen molar-refractivity contribution in [2.24, 2.45) is 0 Å². The molecule has 2 rings (SSSR count). The second-order valence-electron chi connectivity index (χ2n) is 2.41. The topological polar surface area (TPSA) is 40.5 Å². The molecule has 3 nitrogen and oxygen atoms in total. The molecule has 2 aliphatic heterocycles. The Morgan fingerprint density at radius 3 is 3.08 bits per heavy atom. The van der Waals surface area contributed by atoms with Crippen LogP contribution < -0.4 is 21.2 Å². The Kier molecular flexibility index (Phi) is 2.80. The summed E-state index contributed by atoms with van der Waals surface area (Å²) in [6.45, 7) is 0. The molecule has 0 aliphatic carbocycles. The molecule has 0 saturated heterocycles. The van der Waals surface area contributed by atoms with Crippen molar-refractivity contribution in [1.82, 2.24) is 4.90 Å². The summed E-state index contributed by atoms with van der Waals surface area (Å²) in [6.07, 6.45) is 2.38. The fourth-order valence-electron chi connectivity index (χ4n) is 1.10. The minimum absolute atomic E-state index is 0.0249. The number of amides is 1. The summed E-state index contributed by atoms with van der Waals surface area (Å²) in [4.78, 5) is 12.8. The first-order chi connectivity index (χ1) is 5.79. The molecule has 2 aliphatic rings. The van der Waals surface area contributed by atoms with Crippen molar-refractivity contribution in [3.63, 3.8) is 0 Å². The number of rotatable bonds is 1. The van der Waals surface area contributed by atoms with Crippen molar-refractivity contribution < 1.29 is 31.1 Å². The van der Waals surface area contributed by atoms with Gasteiger partial charge in [0.05, 0.1) is 0 Å². The van der Waals surface area contributed by atoms with Crippen LogP contribution in [0.4, 0.5) is 0 Å². The number of hydrogen-bond donors (Lipinski definition) is 1. The molecule has 0 aromatic heterocycles. The Bertz CT molecular complexity index is 275. The predicted octanol–water partition coefficient (Wildman–Crippen LogP) is -3.14. The zero-order valence-corrected chi connectivity index (χ0v) is 10.5. The van der Waals surface area contributed by atoms with Gasteiger partial charge in [0.15, 0.2) is 0 Å². The molecular formula is C7H8I2NO2-. The number of carbonyl (C=O) groups is 1. The number of hydrogen-bond acceptors (Lipinski definition) is 2. The van der Waals surface area contributed by atoms with Crippen molar-refractivity contribution in [2.75, 3.05) is 6.86 Å². The van der Waals surface area contributed by atoms with E-state index in [1.807, 2.05) is 0 Å². The van der Waals surface area contributed by atoms with E-state index in [9.17, 15) is 9.90 Å². The molecule has 1 amide bonds. The van der Waals surface area contributed by atoms with Gasteiger partial charge in [-0.15, -0.1) is 0 Å². The predicted molar refractivity (Wildman–Crippen MR) is 50.8 cm³/mol. The molecule has 1 unspecified atom stereocenters. The van der Waals surface area contributed by atoms with Crippen LogP contribution in [0.1, 0.15) is 0 Å². The SMILES string of the molecule is O=C1C=CC(O)N1C1=IC[I-]C1. The number of aliphatic hydroxyl groups is 1. The van der Waals surface area contributed by atoms with E-state index in [2.05, 4.69) is 0 Å². The number of carbonyl (C=O) groups excluding carboxylic acids is 1. The molecule has 0 saturated carbocycles. The van der Waals surface area contributed by atoms with Crippen LogP contribution in [0.3, 0.4) is 0 Å². The number of alkyl halides is 3. The molecule has 0 bridgehead atoms. The summed E-state index contributed by atoms with van der Waals surface area (Å²) in [6, 6.07) is 0. The van der Waals surface area contributed by atoms with E-state index in [-0.39, 0.29) is 26.6 Å². The average Bonchev–Trinajstić information content (AvgIpc) is 2.61. The third kappa shape index (κ3) is 1.58. The molecule has 5 heteroatoms. The molecular weight excluding hydrogens is 384 g/mol. The Hall–Kier alpha value is 0.500. The number of halogens is 2. The van der Waals surface area contributed by atoms with Gasteiger partial charge < -0.3 is 0 Å². The molecule has 0 fully saturated rings. The molecule has 12 heavy (non-hydrogen) atoms. The maximum absolute atomic E-state index is 11.3. The first kappa shape index (κ1) is 9.07. The average molecular weight is 392 g/mol. The third-order valence-electron chi connectivity index (χ3n) is 1.66. The van der Waals surface area contributed by atoms with Crippen molar-refractivity contribution in [2.45, 2.75) is 6.23 Å². The van der Waals surface area contributed by atoms with E-state index in [0.29, 0.717) is 21.2 Å². The Morgan fingerprint density at radius 2 is 2.58 bits per heavy atom. The second-order valence-corrected chi connectivity index (χ2v) is 10.7. The molecule has 1 atom stereocenters. The summed E-state index contributed by atoms with van der Waals surface area (Å²) in [7, 11) is 0. The van der Waals surface area contributed by atoms with Crippen LogP contribution in [-0.2, 0) is 4.79 Å². The van der Waals surface area contributed by atoms with Gasteiger partial charge in [-0.3, -0.25) is 0 Å². The Labute approximate surface area is 90.8 Å². The van der Waals surface area contributed by atoms with Crippen molar-refractivity contribution in [3.05, 3.63) is 12.2 Å². The van der Waals surface area contributed by atoms with Gasteiger partial charge >= 0.3 is 91.5 Å². The summed E-state index contributed by atoms with van der Waals surface area (Å²) >= 11 is 0.404. The van der Waals surface area contributed by atoms with Crippen LogP contribution in [0.5, 0.6) is 0 Å². The quantitative estimate of drug-likeness (QED) is 0.379. The van der Waals surface area contributed by atoms with Crippen molar-refractivity contribution >= 4 is 30.3 Å². The third-order valence-corrected chi connectivity index (χ3v) is 11.5. The normalized spacial score (nSPS) is 29.8. The van der Waals surface area contributed by atoms with Crippen LogP contribution >= 0.6 is 20.7 Å². The van der Waals surface area contributed by atoms with E-state index in [0.717, 1.165) is 4.43 Å². The summed E-state index contributed by atoms with van der Waals surface area (Å²) in [5, 5.41) is 9.45. The Morgan fingerprint density at radius 1 is 1.75 bits per heavy atom. The summed E-state index contributed by atoms with van der Waals surface area (Å²) < 4.78 is 3.74. The Balaban J connectivity index is 2.18. The standard InChI is InChI=1S/C7H8I2NO2/c11-6-1-2-7(12)10(6)5-3-8-4-9-5/h1-2,6,11H,3-4H2/q-1. The van der Waals surface area contributed by atoms with E-state index >= 15 is 0 Å². The fraction of sp³-hybridized carbons (Fsp3) is 0.429. The number of nitrogens with zero attached hydrogens (tertiary/aromatic N) is 1. The van der Waals surface area contributed by atoms with Gasteiger partial charge in [-0.25, -0.2) is 0 Å². The van der Waals surface area contributed by atoms with Crippen LogP contribution in [0.15, 0.2) is 12.2 Å². The monoisotopic (exact) mass is 392 g/mol. The van der Waals surface area contributed by atoms with Gasteiger partial charge in [-0.2, -0.15) is 0 Å². The fourth-order valence-corrected chi connectivity index (χ4v) is 11.5. The van der Waals surface area contributed by atoms with Crippen molar-refractivity contribution in [1.29, 1.82) is 0 Å². The molecule has 0 aromatic carbocycles. The minimum atomic E-state index is -0.658. The molecule has 2 heterocycles. The van der Waals surface area contributed by atoms with Crippen LogP contribution in [0.25, 0.3) is 0 Å². The molecule has 1 N–H and O–H groups in total. The van der Waals surface area contributed by atoms with E-state index < -0.39 is 6.23 Å². The first-order valence-electron chi connectivity index (χ1n) is 3.47. The van der Waals surface area contributed by atoms with Gasteiger partial charge in [0.25, 0.3) is 0 Å². The molecule has 0 aromatic rings. The first-order valence-corrected chi connectivity index (χ1v) is 9.12. The van der Waals surface area contributed by atoms with E-state index in [1.54, 1.807) is 11.0 Å². The number of aliphatic hydroxyl groups excluding tert-OH is 1. The van der Waals surface area contributed by atoms with Gasteiger partial charge in [-0.1, -0.05) is 0 Å². The summed E-state index contributed by atoms with van der Waals surface area (Å²) in [5.41, 5.74) is 0. The second kappa shape index (κ2) is 3.70.